The number of likely N-dealkylation sites (tertiary alicyclic amines) is 1. The van der Waals surface area contributed by atoms with Gasteiger partial charge < -0.3 is 9.74 Å². The number of amides is 1. The SMILES string of the molecule is O=C(COn1nnc2ccc(S(=O)(=O)N3CCCCC3)cc21)N1CCCC1. The number of rotatable bonds is 5. The predicted molar refractivity (Wildman–Crippen MR) is 97.4 cm³/mol. The van der Waals surface area contributed by atoms with Crippen molar-refractivity contribution in [3.05, 3.63) is 18.2 Å². The molecule has 146 valence electrons. The van der Waals surface area contributed by atoms with Crippen molar-refractivity contribution in [2.45, 2.75) is 37.0 Å². The molecular formula is C17H23N5O4S. The summed E-state index contributed by atoms with van der Waals surface area (Å²) in [5, 5.41) is 7.88. The lowest BCUT2D eigenvalue weighted by Gasteiger charge is -2.25. The van der Waals surface area contributed by atoms with Crippen molar-refractivity contribution in [1.82, 2.24) is 24.4 Å². The summed E-state index contributed by atoms with van der Waals surface area (Å²) in [6.07, 6.45) is 4.83. The molecule has 0 saturated carbocycles. The number of carbonyl (C=O) groups excluding carboxylic acids is 1. The quantitative estimate of drug-likeness (QED) is 0.740. The van der Waals surface area contributed by atoms with Gasteiger partial charge in [0.15, 0.2) is 6.61 Å². The van der Waals surface area contributed by atoms with Crippen LogP contribution in [0, 0.1) is 0 Å². The number of sulfonamides is 1. The van der Waals surface area contributed by atoms with Crippen LogP contribution in [0.3, 0.4) is 0 Å². The topological polar surface area (TPSA) is 97.6 Å². The van der Waals surface area contributed by atoms with Gasteiger partial charge in [0.05, 0.1) is 4.90 Å². The second kappa shape index (κ2) is 7.43. The van der Waals surface area contributed by atoms with E-state index in [0.717, 1.165) is 50.0 Å². The Balaban J connectivity index is 1.54. The molecule has 10 heteroatoms. The van der Waals surface area contributed by atoms with Crippen molar-refractivity contribution in [3.8, 4) is 0 Å². The van der Waals surface area contributed by atoms with Crippen LogP contribution in [0.5, 0.6) is 0 Å². The highest BCUT2D eigenvalue weighted by atomic mass is 32.2. The number of hydrogen-bond acceptors (Lipinski definition) is 6. The van der Waals surface area contributed by atoms with Gasteiger partial charge in [0.1, 0.15) is 11.0 Å². The molecule has 27 heavy (non-hydrogen) atoms. The summed E-state index contributed by atoms with van der Waals surface area (Å²) in [5.41, 5.74) is 0.948. The van der Waals surface area contributed by atoms with E-state index in [1.807, 2.05) is 0 Å². The minimum Gasteiger partial charge on any atom is -0.385 e. The third-order valence-corrected chi connectivity index (χ3v) is 7.00. The Morgan fingerprint density at radius 2 is 1.74 bits per heavy atom. The van der Waals surface area contributed by atoms with Gasteiger partial charge in [-0.15, -0.1) is 5.10 Å². The summed E-state index contributed by atoms with van der Waals surface area (Å²) >= 11 is 0. The lowest BCUT2D eigenvalue weighted by molar-refractivity contribution is -0.135. The summed E-state index contributed by atoms with van der Waals surface area (Å²) < 4.78 is 27.3. The lowest BCUT2D eigenvalue weighted by atomic mass is 10.2. The molecule has 0 aliphatic carbocycles. The van der Waals surface area contributed by atoms with E-state index in [1.165, 1.54) is 10.4 Å². The van der Waals surface area contributed by atoms with Crippen molar-refractivity contribution < 1.29 is 18.0 Å². The van der Waals surface area contributed by atoms with Crippen molar-refractivity contribution in [3.63, 3.8) is 0 Å². The molecule has 1 amide bonds. The number of hydrogen-bond donors (Lipinski definition) is 0. The van der Waals surface area contributed by atoms with Crippen LogP contribution in [0.4, 0.5) is 0 Å². The van der Waals surface area contributed by atoms with Gasteiger partial charge in [-0.25, -0.2) is 8.42 Å². The van der Waals surface area contributed by atoms with E-state index in [0.29, 0.717) is 24.1 Å². The molecule has 1 aromatic carbocycles. The zero-order valence-corrected chi connectivity index (χ0v) is 15.9. The second-order valence-corrected chi connectivity index (χ2v) is 8.88. The van der Waals surface area contributed by atoms with Crippen molar-refractivity contribution in [2.75, 3.05) is 32.8 Å². The molecular weight excluding hydrogens is 370 g/mol. The lowest BCUT2D eigenvalue weighted by Crippen LogP contribution is -2.35. The first-order valence-electron chi connectivity index (χ1n) is 9.32. The molecule has 1 aromatic heterocycles. The van der Waals surface area contributed by atoms with Gasteiger partial charge >= 0.3 is 0 Å². The van der Waals surface area contributed by atoms with Gasteiger partial charge in [0, 0.05) is 26.2 Å². The van der Waals surface area contributed by atoms with Crippen LogP contribution in [-0.2, 0) is 14.8 Å². The first kappa shape index (κ1) is 18.2. The average molecular weight is 393 g/mol. The summed E-state index contributed by atoms with van der Waals surface area (Å²) in [6, 6.07) is 4.67. The Morgan fingerprint density at radius 1 is 1.04 bits per heavy atom. The van der Waals surface area contributed by atoms with Crippen LogP contribution < -0.4 is 4.84 Å². The van der Waals surface area contributed by atoms with Crippen molar-refractivity contribution in [2.24, 2.45) is 0 Å². The molecule has 3 heterocycles. The van der Waals surface area contributed by atoms with E-state index in [9.17, 15) is 13.2 Å². The third kappa shape index (κ3) is 3.63. The van der Waals surface area contributed by atoms with E-state index in [1.54, 1.807) is 17.0 Å². The fourth-order valence-electron chi connectivity index (χ4n) is 3.56. The highest BCUT2D eigenvalue weighted by Gasteiger charge is 2.27. The molecule has 2 saturated heterocycles. The number of carbonyl (C=O) groups is 1. The summed E-state index contributed by atoms with van der Waals surface area (Å²) in [5.74, 6) is -0.103. The van der Waals surface area contributed by atoms with Crippen LogP contribution >= 0.6 is 0 Å². The monoisotopic (exact) mass is 393 g/mol. The van der Waals surface area contributed by atoms with Gasteiger partial charge in [0.25, 0.3) is 5.91 Å². The Bertz CT molecular complexity index is 930. The highest BCUT2D eigenvalue weighted by Crippen LogP contribution is 2.23. The molecule has 0 bridgehead atoms. The molecule has 2 aromatic rings. The summed E-state index contributed by atoms with van der Waals surface area (Å²) in [7, 11) is -3.56. The van der Waals surface area contributed by atoms with E-state index >= 15 is 0 Å². The molecule has 0 N–H and O–H groups in total. The molecule has 0 radical (unpaired) electrons. The minimum absolute atomic E-state index is 0.103. The number of nitrogens with zero attached hydrogens (tertiary/aromatic N) is 5. The molecule has 0 spiro atoms. The smallest absolute Gasteiger partial charge is 0.263 e. The van der Waals surface area contributed by atoms with Crippen molar-refractivity contribution >= 4 is 27.0 Å². The van der Waals surface area contributed by atoms with Gasteiger partial charge in [0.2, 0.25) is 10.0 Å². The zero-order valence-electron chi connectivity index (χ0n) is 15.1. The maximum Gasteiger partial charge on any atom is 0.263 e. The molecule has 2 fully saturated rings. The Morgan fingerprint density at radius 3 is 2.48 bits per heavy atom. The fourth-order valence-corrected chi connectivity index (χ4v) is 5.10. The van der Waals surface area contributed by atoms with E-state index in [2.05, 4.69) is 10.3 Å². The number of benzene rings is 1. The van der Waals surface area contributed by atoms with E-state index in [-0.39, 0.29) is 17.4 Å². The molecule has 0 unspecified atom stereocenters. The van der Waals surface area contributed by atoms with Gasteiger partial charge in [-0.1, -0.05) is 11.3 Å². The van der Waals surface area contributed by atoms with E-state index < -0.39 is 10.0 Å². The summed E-state index contributed by atoms with van der Waals surface area (Å²) in [4.78, 5) is 20.7. The highest BCUT2D eigenvalue weighted by molar-refractivity contribution is 7.89. The minimum atomic E-state index is -3.56. The van der Waals surface area contributed by atoms with Gasteiger partial charge in [-0.05, 0) is 49.1 Å². The normalized spacial score (nSPS) is 18.9. The maximum absolute atomic E-state index is 12.9. The summed E-state index contributed by atoms with van der Waals surface area (Å²) in [6.45, 7) is 2.43. The van der Waals surface area contributed by atoms with Crippen LogP contribution in [0.15, 0.2) is 23.1 Å². The number of piperidine rings is 1. The molecule has 2 aliphatic heterocycles. The Kier molecular flexibility index (Phi) is 5.00. The van der Waals surface area contributed by atoms with Crippen LogP contribution in [0.1, 0.15) is 32.1 Å². The van der Waals surface area contributed by atoms with Crippen LogP contribution in [0.2, 0.25) is 0 Å². The average Bonchev–Trinajstić information content (AvgIpc) is 3.36. The largest absolute Gasteiger partial charge is 0.385 e. The fraction of sp³-hybridized carbons (Fsp3) is 0.588. The Labute approximate surface area is 157 Å². The van der Waals surface area contributed by atoms with Gasteiger partial charge in [-0.3, -0.25) is 4.79 Å². The molecule has 2 aliphatic rings. The number of fused-ring (bicyclic) bond motifs is 1. The first-order chi connectivity index (χ1) is 13.1. The molecule has 4 rings (SSSR count). The maximum atomic E-state index is 12.9. The third-order valence-electron chi connectivity index (χ3n) is 5.11. The Hall–Kier alpha value is -2.20. The standard InChI is InChI=1S/C17H23N5O4S/c23-17(20-8-4-5-9-20)13-26-22-16-12-14(6-7-15(16)18-19-22)27(24,25)21-10-2-1-3-11-21/h6-7,12H,1-5,8-11,13H2. The predicted octanol–water partition coefficient (Wildman–Crippen LogP) is 0.657. The molecule has 0 atom stereocenters. The van der Waals surface area contributed by atoms with Crippen molar-refractivity contribution in [1.29, 1.82) is 0 Å². The van der Waals surface area contributed by atoms with Crippen LogP contribution in [-0.4, -0.2) is 71.5 Å². The zero-order chi connectivity index (χ0) is 18.9. The van der Waals surface area contributed by atoms with Gasteiger partial charge in [-0.2, -0.15) is 4.31 Å². The van der Waals surface area contributed by atoms with E-state index in [4.69, 9.17) is 4.84 Å². The van der Waals surface area contributed by atoms with Crippen LogP contribution in [0.25, 0.3) is 11.0 Å². The molecule has 9 nitrogen and oxygen atoms in total. The first-order valence-corrected chi connectivity index (χ1v) is 10.8. The second-order valence-electron chi connectivity index (χ2n) is 6.94. The number of aromatic nitrogens is 3.